The van der Waals surface area contributed by atoms with E-state index in [0.717, 1.165) is 12.1 Å². The predicted octanol–water partition coefficient (Wildman–Crippen LogP) is 4.00. The van der Waals surface area contributed by atoms with Gasteiger partial charge >= 0.3 is 12.4 Å². The summed E-state index contributed by atoms with van der Waals surface area (Å²) in [5.41, 5.74) is -7.81. The zero-order valence-corrected chi connectivity index (χ0v) is 11.4. The molecular formula is C11H6Cl2F6N2. The third-order valence-electron chi connectivity index (χ3n) is 4.56. The molecule has 4 atom stereocenters. The molecular weight excluding hydrogens is 345 g/mol. The summed E-state index contributed by atoms with van der Waals surface area (Å²) in [6, 6.07) is 1.94. The monoisotopic (exact) mass is 350 g/mol. The zero-order chi connectivity index (χ0) is 16.4. The third-order valence-corrected chi connectivity index (χ3v) is 5.84. The summed E-state index contributed by atoms with van der Waals surface area (Å²) in [5, 5.41) is 15.1. The average Bonchev–Trinajstić information content (AvgIpc) is 2.80. The molecule has 2 bridgehead atoms. The van der Waals surface area contributed by atoms with E-state index in [1.807, 2.05) is 0 Å². The molecule has 2 rings (SSSR count). The molecule has 0 aromatic heterocycles. The van der Waals surface area contributed by atoms with Crippen LogP contribution >= 0.6 is 23.2 Å². The molecule has 2 nitrogen and oxygen atoms in total. The number of nitriles is 2. The second-order valence-electron chi connectivity index (χ2n) is 5.17. The van der Waals surface area contributed by atoms with E-state index in [-0.39, 0.29) is 0 Å². The molecule has 116 valence electrons. The van der Waals surface area contributed by atoms with Crippen molar-refractivity contribution in [3.63, 3.8) is 0 Å². The minimum absolute atomic E-state index is 0.664. The molecule has 0 spiro atoms. The van der Waals surface area contributed by atoms with E-state index < -0.39 is 52.2 Å². The number of rotatable bonds is 0. The topological polar surface area (TPSA) is 47.6 Å². The lowest BCUT2D eigenvalue weighted by molar-refractivity contribution is -0.376. The van der Waals surface area contributed by atoms with Gasteiger partial charge in [-0.05, 0) is 6.42 Å². The van der Waals surface area contributed by atoms with Gasteiger partial charge in [0.1, 0.15) is 0 Å². The van der Waals surface area contributed by atoms with Crippen molar-refractivity contribution in [1.82, 2.24) is 0 Å². The van der Waals surface area contributed by atoms with Gasteiger partial charge in [-0.25, -0.2) is 0 Å². The van der Waals surface area contributed by atoms with Crippen LogP contribution < -0.4 is 0 Å². The van der Waals surface area contributed by atoms with Crippen LogP contribution in [0.5, 0.6) is 0 Å². The average molecular weight is 351 g/mol. The first-order valence-corrected chi connectivity index (χ1v) is 6.53. The molecule has 0 amide bonds. The number of fused-ring (bicyclic) bond motifs is 2. The van der Waals surface area contributed by atoms with Crippen molar-refractivity contribution in [3.05, 3.63) is 0 Å². The summed E-state index contributed by atoms with van der Waals surface area (Å²) in [4.78, 5) is 0. The lowest BCUT2D eigenvalue weighted by Crippen LogP contribution is -2.66. The number of alkyl halides is 8. The van der Waals surface area contributed by atoms with E-state index in [4.69, 9.17) is 33.7 Å². The molecule has 0 aliphatic heterocycles. The molecule has 2 fully saturated rings. The number of hydrogen-bond donors (Lipinski definition) is 0. The van der Waals surface area contributed by atoms with Gasteiger partial charge in [0.2, 0.25) is 0 Å². The Morgan fingerprint density at radius 3 is 1.57 bits per heavy atom. The summed E-state index contributed by atoms with van der Waals surface area (Å²) in [6.45, 7) is 0. The van der Waals surface area contributed by atoms with Crippen LogP contribution in [0.25, 0.3) is 0 Å². The Hall–Kier alpha value is -0.860. The van der Waals surface area contributed by atoms with Crippen LogP contribution in [-0.4, -0.2) is 23.1 Å². The summed E-state index contributed by atoms with van der Waals surface area (Å²) in [7, 11) is 0. The SMILES string of the molecule is N#CC1(C#N)[C@@H]2C[C@@H](C(Cl)C2Cl)C1(C(F)(F)F)C(F)(F)F. The first-order chi connectivity index (χ1) is 9.42. The van der Waals surface area contributed by atoms with Gasteiger partial charge in [0, 0.05) is 11.8 Å². The van der Waals surface area contributed by atoms with Crippen molar-refractivity contribution in [2.24, 2.45) is 22.7 Å². The van der Waals surface area contributed by atoms with Crippen molar-refractivity contribution in [2.45, 2.75) is 29.5 Å². The van der Waals surface area contributed by atoms with Crippen LogP contribution in [0, 0.1) is 45.3 Å². The van der Waals surface area contributed by atoms with E-state index in [2.05, 4.69) is 0 Å². The third kappa shape index (κ3) is 1.55. The molecule has 0 heterocycles. The Morgan fingerprint density at radius 2 is 1.24 bits per heavy atom. The van der Waals surface area contributed by atoms with Gasteiger partial charge in [0.05, 0.1) is 22.9 Å². The van der Waals surface area contributed by atoms with Crippen molar-refractivity contribution in [3.8, 4) is 12.1 Å². The maximum atomic E-state index is 13.4. The van der Waals surface area contributed by atoms with Crippen LogP contribution in [0.3, 0.4) is 0 Å². The van der Waals surface area contributed by atoms with Crippen LogP contribution in [0.1, 0.15) is 6.42 Å². The fraction of sp³-hybridized carbons (Fsp3) is 0.818. The molecule has 0 N–H and O–H groups in total. The van der Waals surface area contributed by atoms with E-state index in [9.17, 15) is 26.3 Å². The Morgan fingerprint density at radius 1 is 0.857 bits per heavy atom. The summed E-state index contributed by atoms with van der Waals surface area (Å²) in [6.07, 6.45) is -12.4. The molecule has 2 aliphatic rings. The van der Waals surface area contributed by atoms with Gasteiger partial charge in [-0.1, -0.05) is 0 Å². The van der Waals surface area contributed by atoms with Gasteiger partial charge in [-0.2, -0.15) is 36.9 Å². The summed E-state index contributed by atoms with van der Waals surface area (Å²) < 4.78 is 80.5. The first kappa shape index (κ1) is 16.5. The van der Waals surface area contributed by atoms with Crippen molar-refractivity contribution in [1.29, 1.82) is 10.5 Å². The van der Waals surface area contributed by atoms with Gasteiger partial charge < -0.3 is 0 Å². The fourth-order valence-corrected chi connectivity index (χ4v) is 4.72. The smallest absolute Gasteiger partial charge is 0.197 e. The molecule has 21 heavy (non-hydrogen) atoms. The van der Waals surface area contributed by atoms with Gasteiger partial charge in [-0.15, -0.1) is 23.2 Å². The van der Waals surface area contributed by atoms with Crippen LogP contribution in [0.15, 0.2) is 0 Å². The maximum Gasteiger partial charge on any atom is 0.406 e. The number of hydrogen-bond acceptors (Lipinski definition) is 2. The number of nitrogens with zero attached hydrogens (tertiary/aromatic N) is 2. The normalized spacial score (nSPS) is 37.0. The lowest BCUT2D eigenvalue weighted by atomic mass is 9.55. The molecule has 0 saturated heterocycles. The Bertz CT molecular complexity index is 515. The molecule has 0 aromatic rings. The molecule has 0 aromatic carbocycles. The van der Waals surface area contributed by atoms with Crippen molar-refractivity contribution < 1.29 is 26.3 Å². The highest BCUT2D eigenvalue weighted by Crippen LogP contribution is 2.77. The van der Waals surface area contributed by atoms with Crippen LogP contribution in [0.2, 0.25) is 0 Å². The molecule has 0 radical (unpaired) electrons. The van der Waals surface area contributed by atoms with Gasteiger partial charge in [0.15, 0.2) is 10.8 Å². The minimum Gasteiger partial charge on any atom is -0.197 e. The Kier molecular flexibility index (Phi) is 3.40. The van der Waals surface area contributed by atoms with E-state index in [1.165, 1.54) is 0 Å². The zero-order valence-electron chi connectivity index (χ0n) is 9.93. The lowest BCUT2D eigenvalue weighted by Gasteiger charge is -2.49. The second kappa shape index (κ2) is 4.33. The first-order valence-electron chi connectivity index (χ1n) is 5.66. The number of halogens is 8. The summed E-state index contributed by atoms with van der Waals surface area (Å²) >= 11 is 11.4. The van der Waals surface area contributed by atoms with E-state index >= 15 is 0 Å². The minimum atomic E-state index is -5.85. The highest BCUT2D eigenvalue weighted by Gasteiger charge is 2.91. The van der Waals surface area contributed by atoms with Crippen LogP contribution in [0.4, 0.5) is 26.3 Å². The van der Waals surface area contributed by atoms with E-state index in [0.29, 0.717) is 0 Å². The largest absolute Gasteiger partial charge is 0.406 e. The molecule has 2 saturated carbocycles. The molecule has 2 aliphatic carbocycles. The predicted molar refractivity (Wildman–Crippen MR) is 59.1 cm³/mol. The van der Waals surface area contributed by atoms with Crippen LogP contribution in [-0.2, 0) is 0 Å². The van der Waals surface area contributed by atoms with Crippen molar-refractivity contribution >= 4 is 23.2 Å². The van der Waals surface area contributed by atoms with Gasteiger partial charge in [0.25, 0.3) is 0 Å². The Balaban J connectivity index is 2.86. The second-order valence-corrected chi connectivity index (χ2v) is 6.18. The standard InChI is InChI=1S/C11H6Cl2F6N2/c12-6-4-1-5(7(6)13)9(10(14,15)16,11(17,18)19)8(4,2-20)3-21/h4-7H,1H2/t4-,5+,6?,7?/m1/s1. The highest BCUT2D eigenvalue weighted by molar-refractivity contribution is 6.31. The van der Waals surface area contributed by atoms with Crippen molar-refractivity contribution in [2.75, 3.05) is 0 Å². The molecule has 10 heteroatoms. The van der Waals surface area contributed by atoms with E-state index in [1.54, 1.807) is 0 Å². The van der Waals surface area contributed by atoms with Gasteiger partial charge in [-0.3, -0.25) is 0 Å². The summed E-state index contributed by atoms with van der Waals surface area (Å²) in [5.74, 6) is -3.75. The Labute approximate surface area is 125 Å². The maximum absolute atomic E-state index is 13.4. The fourth-order valence-electron chi connectivity index (χ4n) is 3.79. The highest BCUT2D eigenvalue weighted by atomic mass is 35.5. The molecule has 2 unspecified atom stereocenters. The quantitative estimate of drug-likeness (QED) is 0.489.